The third kappa shape index (κ3) is 4.17. The lowest BCUT2D eigenvalue weighted by molar-refractivity contribution is -0.00848. The number of carbonyl (C=O) groups is 1. The van der Waals surface area contributed by atoms with Gasteiger partial charge in [-0.05, 0) is 51.3 Å². The maximum atomic E-state index is 13.4. The van der Waals surface area contributed by atoms with Crippen molar-refractivity contribution < 1.29 is 19.0 Å². The Labute approximate surface area is 124 Å². The van der Waals surface area contributed by atoms with E-state index in [1.165, 1.54) is 12.1 Å². The highest BCUT2D eigenvalue weighted by atomic mass is 19.1. The van der Waals surface area contributed by atoms with Crippen molar-refractivity contribution in [1.29, 1.82) is 0 Å². The minimum Gasteiger partial charge on any atom is -0.444 e. The zero-order chi connectivity index (χ0) is 15.6. The first-order chi connectivity index (χ1) is 9.76. The summed E-state index contributed by atoms with van der Waals surface area (Å²) in [5.74, 6) is -0.350. The Balaban J connectivity index is 2.23. The van der Waals surface area contributed by atoms with Crippen molar-refractivity contribution in [2.45, 2.75) is 51.4 Å². The molecule has 1 aromatic carbocycles. The van der Waals surface area contributed by atoms with Gasteiger partial charge in [-0.2, -0.15) is 0 Å². The number of hydrogen-bond acceptors (Lipinski definition) is 3. The number of amides is 1. The molecule has 21 heavy (non-hydrogen) atoms. The van der Waals surface area contributed by atoms with Crippen LogP contribution in [0.1, 0.15) is 45.2 Å². The molecule has 1 aliphatic rings. The van der Waals surface area contributed by atoms with E-state index in [2.05, 4.69) is 0 Å². The molecule has 0 saturated carbocycles. The third-order valence-corrected chi connectivity index (χ3v) is 3.44. The Kier molecular flexibility index (Phi) is 4.52. The lowest BCUT2D eigenvalue weighted by Crippen LogP contribution is -2.45. The quantitative estimate of drug-likeness (QED) is 0.865. The average molecular weight is 295 g/mol. The van der Waals surface area contributed by atoms with Crippen LogP contribution in [0.2, 0.25) is 0 Å². The molecule has 1 fully saturated rings. The van der Waals surface area contributed by atoms with Crippen LogP contribution < -0.4 is 0 Å². The molecule has 1 saturated heterocycles. The number of likely N-dealkylation sites (tertiary alicyclic amines) is 1. The molecular formula is C16H22FNO3. The Morgan fingerprint density at radius 2 is 2.14 bits per heavy atom. The number of rotatable bonds is 1. The van der Waals surface area contributed by atoms with Gasteiger partial charge in [0, 0.05) is 6.54 Å². The Bertz CT molecular complexity index is 512. The predicted molar refractivity (Wildman–Crippen MR) is 77.3 cm³/mol. The Morgan fingerprint density at radius 1 is 1.43 bits per heavy atom. The minimum absolute atomic E-state index is 0.350. The highest BCUT2D eigenvalue weighted by Gasteiger charge is 2.34. The van der Waals surface area contributed by atoms with E-state index in [4.69, 9.17) is 4.74 Å². The summed E-state index contributed by atoms with van der Waals surface area (Å²) in [5, 5.41) is 9.87. The number of aliphatic hydroxyl groups excluding tert-OH is 1. The van der Waals surface area contributed by atoms with E-state index in [0.29, 0.717) is 24.9 Å². The zero-order valence-electron chi connectivity index (χ0n) is 12.7. The van der Waals surface area contributed by atoms with Crippen LogP contribution in [0.5, 0.6) is 0 Å². The second kappa shape index (κ2) is 6.02. The summed E-state index contributed by atoms with van der Waals surface area (Å²) < 4.78 is 18.8. The molecule has 1 aromatic rings. The number of halogens is 1. The molecule has 4 nitrogen and oxygen atoms in total. The van der Waals surface area contributed by atoms with Crippen LogP contribution >= 0.6 is 0 Å². The monoisotopic (exact) mass is 295 g/mol. The van der Waals surface area contributed by atoms with Crippen molar-refractivity contribution >= 4 is 6.09 Å². The first kappa shape index (κ1) is 15.8. The summed E-state index contributed by atoms with van der Waals surface area (Å²) >= 11 is 0. The van der Waals surface area contributed by atoms with E-state index in [1.54, 1.807) is 37.8 Å². The molecule has 2 atom stereocenters. The summed E-state index contributed by atoms with van der Waals surface area (Å²) in [6, 6.07) is 5.78. The van der Waals surface area contributed by atoms with Gasteiger partial charge in [0.1, 0.15) is 11.4 Å². The van der Waals surface area contributed by atoms with E-state index < -0.39 is 17.8 Å². The van der Waals surface area contributed by atoms with Crippen LogP contribution in [0.15, 0.2) is 24.3 Å². The maximum Gasteiger partial charge on any atom is 0.410 e. The fourth-order valence-corrected chi connectivity index (χ4v) is 2.52. The van der Waals surface area contributed by atoms with Gasteiger partial charge in [0.15, 0.2) is 0 Å². The second-order valence-corrected chi connectivity index (χ2v) is 6.42. The summed E-state index contributed by atoms with van der Waals surface area (Å²) in [6.07, 6.45) is -0.0195. The van der Waals surface area contributed by atoms with Crippen LogP contribution in [0.25, 0.3) is 0 Å². The van der Waals surface area contributed by atoms with Crippen LogP contribution in [0, 0.1) is 5.82 Å². The number of carbonyl (C=O) groups excluding carboxylic acids is 1. The van der Waals surface area contributed by atoms with E-state index >= 15 is 0 Å². The van der Waals surface area contributed by atoms with Crippen LogP contribution in [0.3, 0.4) is 0 Å². The first-order valence-corrected chi connectivity index (χ1v) is 7.19. The lowest BCUT2D eigenvalue weighted by atomic mass is 9.93. The van der Waals surface area contributed by atoms with Gasteiger partial charge in [-0.3, -0.25) is 0 Å². The minimum atomic E-state index is -0.584. The molecule has 0 unspecified atom stereocenters. The van der Waals surface area contributed by atoms with Gasteiger partial charge in [-0.1, -0.05) is 12.1 Å². The van der Waals surface area contributed by atoms with Gasteiger partial charge < -0.3 is 14.7 Å². The number of piperidine rings is 1. The van der Waals surface area contributed by atoms with Gasteiger partial charge in [0.05, 0.1) is 12.1 Å². The van der Waals surface area contributed by atoms with Gasteiger partial charge in [0.25, 0.3) is 0 Å². The van der Waals surface area contributed by atoms with Crippen LogP contribution in [-0.2, 0) is 4.74 Å². The molecule has 1 heterocycles. The Hall–Kier alpha value is -1.62. The summed E-state index contributed by atoms with van der Waals surface area (Å²) in [6.45, 7) is 5.82. The van der Waals surface area contributed by atoms with E-state index in [1.807, 2.05) is 0 Å². The maximum absolute atomic E-state index is 13.4. The highest BCUT2D eigenvalue weighted by molar-refractivity contribution is 5.69. The second-order valence-electron chi connectivity index (χ2n) is 6.42. The van der Waals surface area contributed by atoms with Crippen molar-refractivity contribution in [2.24, 2.45) is 0 Å². The van der Waals surface area contributed by atoms with Gasteiger partial charge in [0.2, 0.25) is 0 Å². The average Bonchev–Trinajstić information content (AvgIpc) is 2.36. The van der Waals surface area contributed by atoms with Crippen molar-refractivity contribution in [2.75, 3.05) is 6.54 Å². The van der Waals surface area contributed by atoms with Gasteiger partial charge in [-0.15, -0.1) is 0 Å². The number of nitrogens with zero attached hydrogens (tertiary/aromatic N) is 1. The first-order valence-electron chi connectivity index (χ1n) is 7.19. The van der Waals surface area contributed by atoms with Crippen molar-refractivity contribution in [1.82, 2.24) is 4.90 Å². The number of aliphatic hydroxyl groups is 1. The fraction of sp³-hybridized carbons (Fsp3) is 0.562. The molecule has 1 N–H and O–H groups in total. The highest BCUT2D eigenvalue weighted by Crippen LogP contribution is 2.32. The van der Waals surface area contributed by atoms with E-state index in [0.717, 1.165) is 0 Å². The number of ether oxygens (including phenoxy) is 1. The van der Waals surface area contributed by atoms with E-state index in [-0.39, 0.29) is 11.9 Å². The van der Waals surface area contributed by atoms with Crippen LogP contribution in [-0.4, -0.2) is 34.3 Å². The molecule has 5 heteroatoms. The normalized spacial score (nSPS) is 23.0. The molecule has 0 spiro atoms. The fourth-order valence-electron chi connectivity index (χ4n) is 2.52. The summed E-state index contributed by atoms with van der Waals surface area (Å²) in [4.78, 5) is 13.9. The number of hydrogen-bond donors (Lipinski definition) is 1. The topological polar surface area (TPSA) is 49.8 Å². The molecule has 1 amide bonds. The largest absolute Gasteiger partial charge is 0.444 e. The van der Waals surface area contributed by atoms with Gasteiger partial charge in [-0.25, -0.2) is 9.18 Å². The smallest absolute Gasteiger partial charge is 0.410 e. The van der Waals surface area contributed by atoms with Crippen LogP contribution in [0.4, 0.5) is 9.18 Å². The van der Waals surface area contributed by atoms with Crippen molar-refractivity contribution in [3.8, 4) is 0 Å². The molecule has 0 aliphatic carbocycles. The summed E-state index contributed by atoms with van der Waals surface area (Å²) in [7, 11) is 0. The molecule has 0 aromatic heterocycles. The zero-order valence-corrected chi connectivity index (χ0v) is 12.7. The van der Waals surface area contributed by atoms with Gasteiger partial charge >= 0.3 is 6.09 Å². The molecular weight excluding hydrogens is 273 g/mol. The SMILES string of the molecule is CC(C)(C)OC(=O)N1CC[C@@H](O)C[C@@H]1c1cccc(F)c1. The predicted octanol–water partition coefficient (Wildman–Crippen LogP) is 3.26. The lowest BCUT2D eigenvalue weighted by Gasteiger charge is -2.38. The van der Waals surface area contributed by atoms with Crippen molar-refractivity contribution in [3.05, 3.63) is 35.6 Å². The summed E-state index contributed by atoms with van der Waals surface area (Å²) in [5.41, 5.74) is 0.0965. The molecule has 116 valence electrons. The molecule has 0 radical (unpaired) electrons. The molecule has 0 bridgehead atoms. The molecule has 1 aliphatic heterocycles. The van der Waals surface area contributed by atoms with E-state index in [9.17, 15) is 14.3 Å². The van der Waals surface area contributed by atoms with Crippen molar-refractivity contribution in [3.63, 3.8) is 0 Å². The Morgan fingerprint density at radius 3 is 2.76 bits per heavy atom. The molecule has 2 rings (SSSR count). The number of benzene rings is 1. The third-order valence-electron chi connectivity index (χ3n) is 3.44. The standard InChI is InChI=1S/C16H22FNO3/c1-16(2,3)21-15(20)18-8-7-13(19)10-14(18)11-5-4-6-12(17)9-11/h4-6,9,13-14,19H,7-8,10H2,1-3H3/t13-,14-/m1/s1.